The van der Waals surface area contributed by atoms with E-state index in [4.69, 9.17) is 5.73 Å². The van der Waals surface area contributed by atoms with E-state index in [1.807, 2.05) is 0 Å². The molecule has 0 aliphatic carbocycles. The Morgan fingerprint density at radius 3 is 2.69 bits per heavy atom. The molecule has 0 bridgehead atoms. The van der Waals surface area contributed by atoms with E-state index in [9.17, 15) is 13.6 Å². The first-order valence-corrected chi connectivity index (χ1v) is 5.16. The van der Waals surface area contributed by atoms with Gasteiger partial charge in [-0.1, -0.05) is 0 Å². The normalized spacial score (nSPS) is 10.4. The monoisotopic (exact) mass is 240 g/mol. The third-order valence-electron chi connectivity index (χ3n) is 1.92. The highest BCUT2D eigenvalue weighted by atomic mass is 32.1. The molecule has 0 spiro atoms. The number of halogens is 2. The minimum atomic E-state index is -0.721. The summed E-state index contributed by atoms with van der Waals surface area (Å²) in [6, 6.07) is 3.16. The van der Waals surface area contributed by atoms with Crippen molar-refractivity contribution in [2.75, 3.05) is 0 Å². The number of carbonyl (C=O) groups is 1. The van der Waals surface area contributed by atoms with Crippen LogP contribution in [-0.2, 0) is 0 Å². The van der Waals surface area contributed by atoms with Crippen LogP contribution in [0, 0.1) is 11.6 Å². The Hall–Kier alpha value is -1.82. The Morgan fingerprint density at radius 2 is 2.12 bits per heavy atom. The molecule has 2 aromatic rings. The van der Waals surface area contributed by atoms with Crippen LogP contribution >= 0.6 is 11.3 Å². The number of benzene rings is 1. The zero-order valence-electron chi connectivity index (χ0n) is 7.91. The van der Waals surface area contributed by atoms with Crippen molar-refractivity contribution in [1.82, 2.24) is 4.98 Å². The third kappa shape index (κ3) is 1.92. The van der Waals surface area contributed by atoms with Crippen LogP contribution in [0.3, 0.4) is 0 Å². The van der Waals surface area contributed by atoms with Crippen molar-refractivity contribution in [3.05, 3.63) is 40.2 Å². The van der Waals surface area contributed by atoms with Crippen molar-refractivity contribution in [3.63, 3.8) is 0 Å². The Bertz CT molecular complexity index is 554. The van der Waals surface area contributed by atoms with E-state index < -0.39 is 17.5 Å². The minimum Gasteiger partial charge on any atom is -0.364 e. The van der Waals surface area contributed by atoms with Gasteiger partial charge in [0.2, 0.25) is 0 Å². The highest BCUT2D eigenvalue weighted by Gasteiger charge is 2.12. The fourth-order valence-corrected chi connectivity index (χ4v) is 1.88. The molecule has 1 aromatic heterocycles. The summed E-state index contributed by atoms with van der Waals surface area (Å²) in [6.45, 7) is 0. The van der Waals surface area contributed by atoms with Gasteiger partial charge in [-0.25, -0.2) is 13.8 Å². The molecule has 0 saturated carbocycles. The first-order valence-electron chi connectivity index (χ1n) is 4.28. The summed E-state index contributed by atoms with van der Waals surface area (Å²) in [5, 5.41) is 1.59. The van der Waals surface area contributed by atoms with Gasteiger partial charge in [-0.3, -0.25) is 4.79 Å². The summed E-state index contributed by atoms with van der Waals surface area (Å²) in [7, 11) is 0. The van der Waals surface area contributed by atoms with Gasteiger partial charge >= 0.3 is 0 Å². The highest BCUT2D eigenvalue weighted by molar-refractivity contribution is 7.12. The summed E-state index contributed by atoms with van der Waals surface area (Å²) in [5.41, 5.74) is 5.44. The Balaban J connectivity index is 2.46. The zero-order chi connectivity index (χ0) is 11.7. The predicted molar refractivity (Wildman–Crippen MR) is 56.0 cm³/mol. The second-order valence-electron chi connectivity index (χ2n) is 3.03. The first kappa shape index (κ1) is 10.7. The highest BCUT2D eigenvalue weighted by Crippen LogP contribution is 2.24. The van der Waals surface area contributed by atoms with Gasteiger partial charge in [-0.15, -0.1) is 11.3 Å². The van der Waals surface area contributed by atoms with Crippen LogP contribution in [0.1, 0.15) is 9.80 Å². The molecule has 0 aliphatic rings. The summed E-state index contributed by atoms with van der Waals surface area (Å²) < 4.78 is 26.0. The number of hydrogen-bond acceptors (Lipinski definition) is 3. The Kier molecular flexibility index (Phi) is 2.66. The maximum atomic E-state index is 13.4. The first-order chi connectivity index (χ1) is 7.58. The van der Waals surface area contributed by atoms with E-state index in [1.54, 1.807) is 0 Å². The number of nitrogens with zero attached hydrogens (tertiary/aromatic N) is 1. The summed E-state index contributed by atoms with van der Waals surface area (Å²) >= 11 is 1.02. The molecular weight excluding hydrogens is 234 g/mol. The number of nitrogens with two attached hydrogens (primary N) is 1. The van der Waals surface area contributed by atoms with E-state index in [0.29, 0.717) is 0 Å². The number of rotatable bonds is 2. The van der Waals surface area contributed by atoms with Crippen molar-refractivity contribution in [1.29, 1.82) is 0 Å². The molecule has 0 aliphatic heterocycles. The van der Waals surface area contributed by atoms with Gasteiger partial charge < -0.3 is 5.73 Å². The molecular formula is C10H6F2N2OS. The van der Waals surface area contributed by atoms with Crippen LogP contribution < -0.4 is 5.73 Å². The molecule has 0 atom stereocenters. The predicted octanol–water partition coefficient (Wildman–Crippen LogP) is 2.19. The molecule has 0 saturated heterocycles. The van der Waals surface area contributed by atoms with Crippen molar-refractivity contribution in [2.24, 2.45) is 5.73 Å². The van der Waals surface area contributed by atoms with Crippen molar-refractivity contribution >= 4 is 17.2 Å². The number of aromatic nitrogens is 1. The zero-order valence-corrected chi connectivity index (χ0v) is 8.72. The molecule has 1 amide bonds. The summed E-state index contributed by atoms with van der Waals surface area (Å²) in [4.78, 5) is 14.7. The van der Waals surface area contributed by atoms with E-state index in [2.05, 4.69) is 4.98 Å². The van der Waals surface area contributed by atoms with Gasteiger partial charge in [0.05, 0.1) is 5.69 Å². The number of hydrogen-bond donors (Lipinski definition) is 1. The lowest BCUT2D eigenvalue weighted by atomic mass is 10.1. The number of primary amides is 1. The second kappa shape index (κ2) is 3.97. The maximum Gasteiger partial charge on any atom is 0.277 e. The largest absolute Gasteiger partial charge is 0.364 e. The lowest BCUT2D eigenvalue weighted by molar-refractivity contribution is 0.1000. The molecule has 1 aromatic carbocycles. The van der Waals surface area contributed by atoms with Gasteiger partial charge in [0.1, 0.15) is 11.6 Å². The quantitative estimate of drug-likeness (QED) is 0.874. The Morgan fingerprint density at radius 1 is 1.38 bits per heavy atom. The van der Waals surface area contributed by atoms with Gasteiger partial charge in [0.25, 0.3) is 5.91 Å². The van der Waals surface area contributed by atoms with Crippen LogP contribution in [0.4, 0.5) is 8.78 Å². The summed E-state index contributed by atoms with van der Waals surface area (Å²) in [5.74, 6) is -2.05. The second-order valence-corrected chi connectivity index (χ2v) is 3.88. The number of carbonyl (C=O) groups excluding carboxylic acids is 1. The third-order valence-corrected chi connectivity index (χ3v) is 2.78. The average Bonchev–Trinajstić information content (AvgIpc) is 2.66. The molecule has 16 heavy (non-hydrogen) atoms. The fraction of sp³-hybridized carbons (Fsp3) is 0. The standard InChI is InChI=1S/C10H6F2N2OS/c11-5-1-2-6(7(12)3-5)8-4-16-10(14-8)9(13)15/h1-4H,(H2,13,15). The van der Waals surface area contributed by atoms with E-state index in [0.717, 1.165) is 23.5 Å². The maximum absolute atomic E-state index is 13.4. The summed E-state index contributed by atoms with van der Waals surface area (Å²) in [6.07, 6.45) is 0. The topological polar surface area (TPSA) is 56.0 Å². The van der Waals surface area contributed by atoms with E-state index in [-0.39, 0.29) is 16.3 Å². The minimum absolute atomic E-state index is 0.0960. The molecule has 1 heterocycles. The van der Waals surface area contributed by atoms with E-state index in [1.165, 1.54) is 11.4 Å². The van der Waals surface area contributed by atoms with Crippen LogP contribution in [-0.4, -0.2) is 10.9 Å². The molecule has 0 radical (unpaired) electrons. The van der Waals surface area contributed by atoms with Gasteiger partial charge in [-0.05, 0) is 12.1 Å². The van der Waals surface area contributed by atoms with Gasteiger partial charge in [0.15, 0.2) is 5.01 Å². The molecule has 6 heteroatoms. The van der Waals surface area contributed by atoms with Crippen molar-refractivity contribution < 1.29 is 13.6 Å². The van der Waals surface area contributed by atoms with Crippen LogP contribution in [0.5, 0.6) is 0 Å². The van der Waals surface area contributed by atoms with Crippen LogP contribution in [0.25, 0.3) is 11.3 Å². The number of thiazole rings is 1. The molecule has 0 fully saturated rings. The molecule has 0 unspecified atom stereocenters. The van der Waals surface area contributed by atoms with Gasteiger partial charge in [-0.2, -0.15) is 0 Å². The van der Waals surface area contributed by atoms with Crippen LogP contribution in [0.2, 0.25) is 0 Å². The fourth-order valence-electron chi connectivity index (χ4n) is 1.21. The Labute approximate surface area is 93.5 Å². The molecule has 3 nitrogen and oxygen atoms in total. The molecule has 2 N–H and O–H groups in total. The SMILES string of the molecule is NC(=O)c1nc(-c2ccc(F)cc2F)cs1. The van der Waals surface area contributed by atoms with Crippen LogP contribution in [0.15, 0.2) is 23.6 Å². The average molecular weight is 240 g/mol. The van der Waals surface area contributed by atoms with Crippen molar-refractivity contribution in [3.8, 4) is 11.3 Å². The van der Waals surface area contributed by atoms with Crippen molar-refractivity contribution in [2.45, 2.75) is 0 Å². The smallest absolute Gasteiger partial charge is 0.277 e. The lowest BCUT2D eigenvalue weighted by Gasteiger charge is -1.98. The lowest BCUT2D eigenvalue weighted by Crippen LogP contribution is -2.10. The number of amides is 1. The van der Waals surface area contributed by atoms with E-state index >= 15 is 0 Å². The van der Waals surface area contributed by atoms with Gasteiger partial charge in [0, 0.05) is 17.0 Å². The molecule has 2 rings (SSSR count). The molecule has 82 valence electrons.